The van der Waals surface area contributed by atoms with Crippen molar-refractivity contribution in [2.75, 3.05) is 14.7 Å². The van der Waals surface area contributed by atoms with Gasteiger partial charge in [0.25, 0.3) is 6.71 Å². The summed E-state index contributed by atoms with van der Waals surface area (Å²) in [6, 6.07) is 113. The topological polar surface area (TPSA) is 28.2 Å². The molecule has 0 saturated carbocycles. The van der Waals surface area contributed by atoms with E-state index in [2.05, 4.69) is 332 Å². The van der Waals surface area contributed by atoms with Crippen molar-refractivity contribution < 1.29 is 9.47 Å². The van der Waals surface area contributed by atoms with Gasteiger partial charge in [0.1, 0.15) is 28.0 Å². The fraction of sp³-hybridized carbons (Fsp3) is 0.0588. The molecule has 14 aromatic rings. The van der Waals surface area contributed by atoms with Crippen LogP contribution in [0.25, 0.3) is 21.2 Å². The summed E-state index contributed by atoms with van der Waals surface area (Å²) in [7, 11) is 0. The minimum absolute atomic E-state index is 0.0652. The number of nitrogens with zero attached hydrogens (tertiary/aromatic N) is 3. The number of thiophene rings is 1. The van der Waals surface area contributed by atoms with Crippen LogP contribution < -0.4 is 40.6 Å². The zero-order valence-corrected chi connectivity index (χ0v) is 51.3. The molecule has 0 amide bonds. The molecule has 7 heteroatoms. The quantitative estimate of drug-likeness (QED) is 0.164. The predicted octanol–water partition coefficient (Wildman–Crippen LogP) is 20.1. The van der Waals surface area contributed by atoms with Crippen LogP contribution in [0.3, 0.4) is 0 Å². The van der Waals surface area contributed by atoms with Crippen LogP contribution in [0, 0.1) is 0 Å². The van der Waals surface area contributed by atoms with Gasteiger partial charge in [-0.2, -0.15) is 0 Å². The summed E-state index contributed by atoms with van der Waals surface area (Å²) in [6.07, 6.45) is 0. The van der Waals surface area contributed by atoms with Gasteiger partial charge in [-0.25, -0.2) is 0 Å². The highest BCUT2D eigenvalue weighted by Crippen LogP contribution is 2.68. The third kappa shape index (κ3) is 6.62. The van der Waals surface area contributed by atoms with E-state index in [-0.39, 0.29) is 12.1 Å². The molecule has 0 saturated heterocycles. The van der Waals surface area contributed by atoms with Gasteiger partial charge >= 0.3 is 0 Å². The summed E-state index contributed by atoms with van der Waals surface area (Å²) in [6.45, 7) is 4.73. The minimum atomic E-state index is -0.690. The van der Waals surface area contributed by atoms with E-state index < -0.39 is 10.8 Å². The maximum Gasteiger partial charge on any atom is 0.260 e. The number of fused-ring (bicyclic) bond motifs is 21. The summed E-state index contributed by atoms with van der Waals surface area (Å²) in [5.41, 5.74) is 25.6. The van der Waals surface area contributed by atoms with E-state index in [0.717, 1.165) is 111 Å². The molecule has 5 nitrogen and oxygen atoms in total. The molecule has 92 heavy (non-hydrogen) atoms. The highest BCUT2D eigenvalue weighted by molar-refractivity contribution is 7.24. The van der Waals surface area contributed by atoms with Gasteiger partial charge in [-0.05, 0) is 151 Å². The van der Waals surface area contributed by atoms with E-state index >= 15 is 0 Å². The van der Waals surface area contributed by atoms with Crippen LogP contribution in [0.15, 0.2) is 303 Å². The van der Waals surface area contributed by atoms with Gasteiger partial charge in [0.2, 0.25) is 0 Å². The zero-order valence-electron chi connectivity index (χ0n) is 50.5. The molecule has 432 valence electrons. The molecule has 13 aromatic carbocycles. The lowest BCUT2D eigenvalue weighted by molar-refractivity contribution is 0.465. The van der Waals surface area contributed by atoms with E-state index in [0.29, 0.717) is 0 Å². The summed E-state index contributed by atoms with van der Waals surface area (Å²) in [5, 5.41) is 2.23. The van der Waals surface area contributed by atoms with E-state index in [4.69, 9.17) is 9.47 Å². The fourth-order valence-electron chi connectivity index (χ4n) is 17.5. The number of hydrogen-bond donors (Lipinski definition) is 0. The molecule has 0 N–H and O–H groups in total. The number of para-hydroxylation sites is 9. The standard InChI is InChI=1S/C85H56BN3O2S/c1-83(2)56-30-6-8-32-58(56)84(59-33-9-7-31-57(59)83)64-38-14-22-46-72(64)89(73-47-23-15-39-65(73)84)82-79(53-51-77-80-78(52-53)91-76-50-25-17-41-67(76)86(80)66-40-16-24-49-75(66)90-77)55-29-26-48-74(81(55)92-82)88-70-44-20-12-36-62(70)85(63-37-13-21-45-71(63)88)60-34-10-18-42-68(60)87(54-27-4-3-5-28-54)69-43-19-11-35-61(69)85/h3-52H,1-2H3. The number of hydrogen-bond acceptors (Lipinski definition) is 6. The molecule has 2 spiro atoms. The highest BCUT2D eigenvalue weighted by Gasteiger charge is 2.55. The van der Waals surface area contributed by atoms with E-state index in [1.54, 1.807) is 0 Å². The molecular weight excluding hydrogens is 1140 g/mol. The third-order valence-electron chi connectivity index (χ3n) is 21.0. The second-order valence-corrected chi connectivity index (χ2v) is 26.7. The maximum atomic E-state index is 7.18. The van der Waals surface area contributed by atoms with Crippen molar-refractivity contribution in [1.82, 2.24) is 0 Å². The summed E-state index contributed by atoms with van der Waals surface area (Å²) in [5.74, 6) is 3.33. The van der Waals surface area contributed by atoms with Crippen LogP contribution in [-0.2, 0) is 16.2 Å². The van der Waals surface area contributed by atoms with Crippen molar-refractivity contribution in [3.63, 3.8) is 0 Å². The molecule has 0 fully saturated rings. The Hall–Kier alpha value is -11.1. The Morgan fingerprint density at radius 1 is 0.315 bits per heavy atom. The monoisotopic (exact) mass is 1190 g/mol. The first kappa shape index (κ1) is 51.7. The Labute approximate surface area is 539 Å². The molecule has 5 aliphatic heterocycles. The highest BCUT2D eigenvalue weighted by atomic mass is 32.1. The molecule has 0 bridgehead atoms. The molecular formula is C85H56BN3O2S. The van der Waals surface area contributed by atoms with Gasteiger partial charge in [0.05, 0.1) is 55.3 Å². The molecule has 1 aliphatic carbocycles. The van der Waals surface area contributed by atoms with E-state index in [1.807, 2.05) is 11.3 Å². The van der Waals surface area contributed by atoms with Crippen molar-refractivity contribution in [1.29, 1.82) is 0 Å². The van der Waals surface area contributed by atoms with Crippen molar-refractivity contribution in [3.05, 3.63) is 359 Å². The van der Waals surface area contributed by atoms with E-state index in [1.165, 1.54) is 55.6 Å². The molecule has 0 atom stereocenters. The Bertz CT molecular complexity index is 5210. The SMILES string of the molecule is CC1(C)c2ccccc2C2(c3ccccc3N(c3sc4c(N5c6ccccc6C6(c7ccccc7N(c7ccccc7)c7ccccc76)c6ccccc65)cccc4c3-c3cc4c5c(c3)Oc3ccccc3B5c3ccccc3O4)c3ccccc32)c2ccccc21. The third-order valence-corrected chi connectivity index (χ3v) is 22.2. The zero-order chi connectivity index (χ0) is 60.6. The maximum absolute atomic E-state index is 7.18. The van der Waals surface area contributed by atoms with Gasteiger partial charge in [-0.1, -0.05) is 238 Å². The lowest BCUT2D eigenvalue weighted by Gasteiger charge is -2.52. The largest absolute Gasteiger partial charge is 0.458 e. The van der Waals surface area contributed by atoms with Gasteiger partial charge in [0.15, 0.2) is 0 Å². The molecule has 0 radical (unpaired) electrons. The van der Waals surface area contributed by atoms with Crippen molar-refractivity contribution >= 4 is 95.0 Å². The van der Waals surface area contributed by atoms with Gasteiger partial charge in [0, 0.05) is 27.5 Å². The van der Waals surface area contributed by atoms with Gasteiger partial charge in [-0.3, -0.25) is 0 Å². The lowest BCUT2D eigenvalue weighted by Crippen LogP contribution is -2.57. The average Bonchev–Trinajstić information content (AvgIpc) is 0.814. The summed E-state index contributed by atoms with van der Waals surface area (Å²) >= 11 is 1.87. The molecule has 6 heterocycles. The number of benzene rings is 13. The fourth-order valence-corrected chi connectivity index (χ4v) is 18.8. The van der Waals surface area contributed by atoms with Crippen LogP contribution in [0.5, 0.6) is 23.0 Å². The van der Waals surface area contributed by atoms with Gasteiger partial charge < -0.3 is 24.2 Å². The van der Waals surface area contributed by atoms with Crippen molar-refractivity contribution in [3.8, 4) is 34.1 Å². The van der Waals surface area contributed by atoms with Crippen molar-refractivity contribution in [2.45, 2.75) is 30.1 Å². The lowest BCUT2D eigenvalue weighted by atomic mass is 9.35. The number of ether oxygens (including phenoxy) is 2. The number of anilines is 9. The predicted molar refractivity (Wildman–Crippen MR) is 378 cm³/mol. The molecule has 1 aromatic heterocycles. The van der Waals surface area contributed by atoms with Crippen LogP contribution in [0.2, 0.25) is 0 Å². The Kier molecular flexibility index (Phi) is 10.7. The Morgan fingerprint density at radius 3 is 1.14 bits per heavy atom. The van der Waals surface area contributed by atoms with Crippen LogP contribution in [0.4, 0.5) is 50.5 Å². The van der Waals surface area contributed by atoms with Crippen LogP contribution in [0.1, 0.15) is 69.5 Å². The molecule has 6 aliphatic rings. The number of rotatable bonds is 4. The molecule has 20 rings (SSSR count). The van der Waals surface area contributed by atoms with Crippen molar-refractivity contribution in [2.24, 2.45) is 0 Å². The Morgan fingerprint density at radius 2 is 0.674 bits per heavy atom. The minimum Gasteiger partial charge on any atom is -0.458 e. The van der Waals surface area contributed by atoms with Gasteiger partial charge in [-0.15, -0.1) is 11.3 Å². The van der Waals surface area contributed by atoms with E-state index in [9.17, 15) is 0 Å². The average molecular weight is 1190 g/mol. The Balaban J connectivity index is 0.870. The molecule has 0 unspecified atom stereocenters. The second-order valence-electron chi connectivity index (χ2n) is 25.7. The second kappa shape index (κ2) is 19.0. The first-order chi connectivity index (χ1) is 45.4. The van der Waals surface area contributed by atoms with Crippen LogP contribution >= 0.6 is 11.3 Å². The summed E-state index contributed by atoms with van der Waals surface area (Å²) < 4.78 is 15.5. The smallest absolute Gasteiger partial charge is 0.260 e. The first-order valence-corrected chi connectivity index (χ1v) is 32.8. The first-order valence-electron chi connectivity index (χ1n) is 31.9. The summed E-state index contributed by atoms with van der Waals surface area (Å²) in [4.78, 5) is 7.63. The normalized spacial score (nSPS) is 15.4. The van der Waals surface area contributed by atoms with Crippen LogP contribution in [-0.4, -0.2) is 6.71 Å².